The number of aromatic nitrogens is 2. The summed E-state index contributed by atoms with van der Waals surface area (Å²) in [6.07, 6.45) is 1.35. The Hall–Kier alpha value is -3.26. The maximum Gasteiger partial charge on any atom is 0.387 e. The number of halogens is 3. The van der Waals surface area contributed by atoms with E-state index in [0.717, 1.165) is 38.4 Å². The van der Waals surface area contributed by atoms with Crippen molar-refractivity contribution < 1.29 is 23.0 Å². The molecule has 0 radical (unpaired) electrons. The second-order valence-electron chi connectivity index (χ2n) is 8.05. The molecule has 3 heterocycles. The summed E-state index contributed by atoms with van der Waals surface area (Å²) < 4.78 is 36.4. The summed E-state index contributed by atoms with van der Waals surface area (Å²) >= 11 is 7.40. The van der Waals surface area contributed by atoms with Crippen molar-refractivity contribution in [3.8, 4) is 5.75 Å². The first kappa shape index (κ1) is 26.8. The topological polar surface area (TPSA) is 118 Å². The van der Waals surface area contributed by atoms with Crippen LogP contribution in [0, 0.1) is 0 Å². The van der Waals surface area contributed by atoms with Crippen molar-refractivity contribution in [3.05, 3.63) is 45.7 Å². The van der Waals surface area contributed by atoms with E-state index in [1.807, 2.05) is 6.07 Å². The quantitative estimate of drug-likeness (QED) is 0.322. The number of methoxy groups -OCH3 is 1. The Morgan fingerprint density at radius 1 is 1.22 bits per heavy atom. The molecule has 1 amide bonds. The molecule has 0 aliphatic carbocycles. The molecule has 1 saturated heterocycles. The van der Waals surface area contributed by atoms with E-state index < -0.39 is 12.5 Å². The number of ether oxygens (including phenoxy) is 2. The van der Waals surface area contributed by atoms with Gasteiger partial charge in [0.05, 0.1) is 24.2 Å². The number of primary amides is 1. The minimum atomic E-state index is -3.02. The predicted octanol–water partition coefficient (Wildman–Crippen LogP) is 4.15. The standard InChI is InChI=1S/C23H26ClF2N7O3S/c1-35-10-9-32-5-7-33(8-6-32)14-2-3-16(18(12-14)36-22(25)26)30-23-28-13-15(24)21(31-23)29-17-4-11-37-19(17)20(27)34/h2-4,11-13,22H,5-10H2,1H3,(H2,27,34)(H2,28,29,30,31). The molecule has 1 aliphatic rings. The lowest BCUT2D eigenvalue weighted by Gasteiger charge is -2.36. The minimum absolute atomic E-state index is 0.0452. The highest BCUT2D eigenvalue weighted by atomic mass is 35.5. The summed E-state index contributed by atoms with van der Waals surface area (Å²) in [7, 11) is 1.67. The number of nitrogens with two attached hydrogens (primary N) is 1. The average molecular weight is 554 g/mol. The second-order valence-corrected chi connectivity index (χ2v) is 9.37. The molecule has 1 aliphatic heterocycles. The Labute approximate surface area is 221 Å². The van der Waals surface area contributed by atoms with Gasteiger partial charge >= 0.3 is 6.61 Å². The number of piperazine rings is 1. The molecule has 37 heavy (non-hydrogen) atoms. The van der Waals surface area contributed by atoms with Crippen molar-refractivity contribution in [1.82, 2.24) is 14.9 Å². The predicted molar refractivity (Wildman–Crippen MR) is 140 cm³/mol. The third-order valence-corrected chi connectivity index (χ3v) is 6.87. The van der Waals surface area contributed by atoms with Gasteiger partial charge in [0.15, 0.2) is 11.6 Å². The van der Waals surface area contributed by atoms with E-state index in [1.54, 1.807) is 30.7 Å². The normalized spacial score (nSPS) is 14.1. The minimum Gasteiger partial charge on any atom is -0.433 e. The van der Waals surface area contributed by atoms with E-state index in [0.29, 0.717) is 17.2 Å². The first-order chi connectivity index (χ1) is 17.8. The number of alkyl halides is 2. The molecule has 1 aromatic carbocycles. The molecule has 1 fully saturated rings. The van der Waals surface area contributed by atoms with E-state index in [9.17, 15) is 13.6 Å². The lowest BCUT2D eigenvalue weighted by Crippen LogP contribution is -2.47. The van der Waals surface area contributed by atoms with Crippen molar-refractivity contribution in [1.29, 1.82) is 0 Å². The van der Waals surface area contributed by atoms with Crippen molar-refractivity contribution >= 4 is 57.7 Å². The fourth-order valence-electron chi connectivity index (χ4n) is 3.82. The van der Waals surface area contributed by atoms with Crippen LogP contribution in [-0.2, 0) is 4.74 Å². The molecular formula is C23H26ClF2N7O3S. The van der Waals surface area contributed by atoms with Crippen LogP contribution in [0.2, 0.25) is 5.02 Å². The molecule has 0 saturated carbocycles. The number of amides is 1. The third-order valence-electron chi connectivity index (χ3n) is 5.66. The highest BCUT2D eigenvalue weighted by Crippen LogP contribution is 2.34. The fraction of sp³-hybridized carbons (Fsp3) is 0.348. The fourth-order valence-corrected chi connectivity index (χ4v) is 4.66. The van der Waals surface area contributed by atoms with Gasteiger partial charge in [-0.05, 0) is 23.6 Å². The zero-order chi connectivity index (χ0) is 26.4. The number of thiophene rings is 1. The third kappa shape index (κ3) is 6.95. The number of hydrogen-bond donors (Lipinski definition) is 3. The van der Waals surface area contributed by atoms with Crippen LogP contribution in [-0.4, -0.2) is 73.8 Å². The molecular weight excluding hydrogens is 528 g/mol. The van der Waals surface area contributed by atoms with Gasteiger partial charge in [0.25, 0.3) is 5.91 Å². The summed E-state index contributed by atoms with van der Waals surface area (Å²) in [4.78, 5) is 24.8. The lowest BCUT2D eigenvalue weighted by molar-refractivity contribution is -0.0493. The van der Waals surface area contributed by atoms with Crippen LogP contribution in [0.1, 0.15) is 9.67 Å². The van der Waals surface area contributed by atoms with Gasteiger partial charge < -0.3 is 30.7 Å². The average Bonchev–Trinajstić information content (AvgIpc) is 3.34. The first-order valence-electron chi connectivity index (χ1n) is 11.3. The van der Waals surface area contributed by atoms with Gasteiger partial charge in [0.2, 0.25) is 5.95 Å². The van der Waals surface area contributed by atoms with Crippen molar-refractivity contribution in [3.63, 3.8) is 0 Å². The molecule has 10 nitrogen and oxygen atoms in total. The number of anilines is 5. The van der Waals surface area contributed by atoms with Crippen molar-refractivity contribution in [2.75, 3.05) is 62.0 Å². The zero-order valence-electron chi connectivity index (χ0n) is 19.9. The van der Waals surface area contributed by atoms with E-state index in [-0.39, 0.29) is 28.2 Å². The van der Waals surface area contributed by atoms with E-state index in [2.05, 4.69) is 30.4 Å². The number of nitrogens with zero attached hydrogens (tertiary/aromatic N) is 4. The number of rotatable bonds is 11. The molecule has 4 N–H and O–H groups in total. The Bertz CT molecular complexity index is 1220. The molecule has 4 rings (SSSR count). The van der Waals surface area contributed by atoms with E-state index in [4.69, 9.17) is 26.8 Å². The molecule has 198 valence electrons. The van der Waals surface area contributed by atoms with Crippen molar-refractivity contribution in [2.24, 2.45) is 5.73 Å². The molecule has 0 unspecified atom stereocenters. The van der Waals surface area contributed by atoms with Gasteiger partial charge in [-0.15, -0.1) is 11.3 Å². The summed E-state index contributed by atoms with van der Waals surface area (Å²) in [6, 6.07) is 6.70. The van der Waals surface area contributed by atoms with Crippen LogP contribution in [0.3, 0.4) is 0 Å². The largest absolute Gasteiger partial charge is 0.433 e. The lowest BCUT2D eigenvalue weighted by atomic mass is 10.2. The Morgan fingerprint density at radius 2 is 2.00 bits per heavy atom. The van der Waals surface area contributed by atoms with Gasteiger partial charge in [0.1, 0.15) is 9.90 Å². The summed E-state index contributed by atoms with van der Waals surface area (Å²) in [6.45, 7) is 1.66. The highest BCUT2D eigenvalue weighted by molar-refractivity contribution is 7.12. The monoisotopic (exact) mass is 553 g/mol. The molecule has 2 aromatic heterocycles. The maximum atomic E-state index is 13.2. The Kier molecular flexibility index (Phi) is 8.92. The summed E-state index contributed by atoms with van der Waals surface area (Å²) in [5, 5.41) is 7.77. The smallest absolute Gasteiger partial charge is 0.387 e. The molecule has 3 aromatic rings. The van der Waals surface area contributed by atoms with Gasteiger partial charge in [-0.2, -0.15) is 13.8 Å². The van der Waals surface area contributed by atoms with Crippen LogP contribution in [0.5, 0.6) is 5.75 Å². The Morgan fingerprint density at radius 3 is 2.70 bits per heavy atom. The molecule has 14 heteroatoms. The van der Waals surface area contributed by atoms with E-state index in [1.165, 1.54) is 17.5 Å². The molecule has 0 bridgehead atoms. The van der Waals surface area contributed by atoms with Gasteiger partial charge in [-0.25, -0.2) is 4.98 Å². The van der Waals surface area contributed by atoms with E-state index >= 15 is 0 Å². The van der Waals surface area contributed by atoms with Gasteiger partial charge in [0, 0.05) is 51.6 Å². The molecule has 0 spiro atoms. The van der Waals surface area contributed by atoms with Crippen LogP contribution in [0.25, 0.3) is 0 Å². The van der Waals surface area contributed by atoms with Crippen molar-refractivity contribution in [2.45, 2.75) is 6.61 Å². The van der Waals surface area contributed by atoms with Crippen LogP contribution in [0.4, 0.5) is 37.6 Å². The highest BCUT2D eigenvalue weighted by Gasteiger charge is 2.20. The zero-order valence-corrected chi connectivity index (χ0v) is 21.5. The number of hydrogen-bond acceptors (Lipinski definition) is 10. The number of carbonyl (C=O) groups is 1. The Balaban J connectivity index is 1.52. The second kappa shape index (κ2) is 12.3. The summed E-state index contributed by atoms with van der Waals surface area (Å²) in [5.74, 6) is -0.344. The van der Waals surface area contributed by atoms with Crippen LogP contribution in [0.15, 0.2) is 35.8 Å². The van der Waals surface area contributed by atoms with Gasteiger partial charge in [-0.1, -0.05) is 11.6 Å². The SMILES string of the molecule is COCCN1CCN(c2ccc(Nc3ncc(Cl)c(Nc4ccsc4C(N)=O)n3)c(OC(F)F)c2)CC1. The van der Waals surface area contributed by atoms with Gasteiger partial charge in [-0.3, -0.25) is 9.69 Å². The summed E-state index contributed by atoms with van der Waals surface area (Å²) in [5.41, 5.74) is 6.86. The number of carbonyl (C=O) groups excluding carboxylic acids is 1. The number of benzene rings is 1. The first-order valence-corrected chi connectivity index (χ1v) is 12.6. The molecule has 0 atom stereocenters. The van der Waals surface area contributed by atoms with Crippen LogP contribution < -0.4 is 26.0 Å². The van der Waals surface area contributed by atoms with Crippen LogP contribution >= 0.6 is 22.9 Å². The maximum absolute atomic E-state index is 13.2. The number of nitrogens with one attached hydrogen (secondary N) is 2.